The van der Waals surface area contributed by atoms with E-state index in [0.717, 1.165) is 0 Å². The van der Waals surface area contributed by atoms with Crippen molar-refractivity contribution in [3.63, 3.8) is 0 Å². The van der Waals surface area contributed by atoms with Crippen molar-refractivity contribution >= 4 is 23.0 Å². The van der Waals surface area contributed by atoms with Gasteiger partial charge in [0.2, 0.25) is 0 Å². The minimum absolute atomic E-state index is 0.0450. The second kappa shape index (κ2) is 5.38. The Hall–Kier alpha value is -1.73. The van der Waals surface area contributed by atoms with Crippen molar-refractivity contribution in [2.75, 3.05) is 5.32 Å². The molecule has 0 aliphatic carbocycles. The molecule has 0 radical (unpaired) electrons. The van der Waals surface area contributed by atoms with E-state index in [-0.39, 0.29) is 11.7 Å². The standard InChI is InChI=1S/C11H11ClN2O2/c1-3-5-8(2)13-11-9(12)6-4-7-10(11)14(15)16/h1,4,6-8,13H,5H2,2H3. The molecule has 1 unspecified atom stereocenters. The summed E-state index contributed by atoms with van der Waals surface area (Å²) in [5, 5.41) is 14.0. The molecule has 0 aliphatic rings. The van der Waals surface area contributed by atoms with Crippen LogP contribution >= 0.6 is 11.6 Å². The number of hydrogen-bond acceptors (Lipinski definition) is 3. The van der Waals surface area contributed by atoms with Crippen LogP contribution in [0.15, 0.2) is 18.2 Å². The number of hydrogen-bond donors (Lipinski definition) is 1. The monoisotopic (exact) mass is 238 g/mol. The quantitative estimate of drug-likeness (QED) is 0.498. The summed E-state index contributed by atoms with van der Waals surface area (Å²) in [4.78, 5) is 10.3. The van der Waals surface area contributed by atoms with Crippen molar-refractivity contribution in [1.82, 2.24) is 0 Å². The summed E-state index contributed by atoms with van der Waals surface area (Å²) in [7, 11) is 0. The molecular weight excluding hydrogens is 228 g/mol. The van der Waals surface area contributed by atoms with E-state index in [9.17, 15) is 10.1 Å². The van der Waals surface area contributed by atoms with Crippen LogP contribution in [0.4, 0.5) is 11.4 Å². The Labute approximate surface area is 98.8 Å². The zero-order chi connectivity index (χ0) is 12.1. The molecule has 1 N–H and O–H groups in total. The van der Waals surface area contributed by atoms with Crippen molar-refractivity contribution in [3.8, 4) is 12.3 Å². The van der Waals surface area contributed by atoms with Crippen molar-refractivity contribution in [2.45, 2.75) is 19.4 Å². The van der Waals surface area contributed by atoms with E-state index in [1.54, 1.807) is 6.07 Å². The van der Waals surface area contributed by atoms with Gasteiger partial charge in [0.1, 0.15) is 5.69 Å². The normalized spacial score (nSPS) is 11.6. The topological polar surface area (TPSA) is 55.2 Å². The number of rotatable bonds is 4. The van der Waals surface area contributed by atoms with E-state index in [2.05, 4.69) is 11.2 Å². The summed E-state index contributed by atoms with van der Waals surface area (Å²) in [6.07, 6.45) is 5.64. The second-order valence-electron chi connectivity index (χ2n) is 3.34. The molecule has 1 atom stereocenters. The summed E-state index contributed by atoms with van der Waals surface area (Å²) >= 11 is 5.90. The Bertz CT molecular complexity index is 440. The van der Waals surface area contributed by atoms with E-state index in [1.807, 2.05) is 6.92 Å². The van der Waals surface area contributed by atoms with Crippen LogP contribution in [-0.4, -0.2) is 11.0 Å². The molecule has 16 heavy (non-hydrogen) atoms. The van der Waals surface area contributed by atoms with Crippen molar-refractivity contribution in [3.05, 3.63) is 33.3 Å². The van der Waals surface area contributed by atoms with Gasteiger partial charge >= 0.3 is 0 Å². The fraction of sp³-hybridized carbons (Fsp3) is 0.273. The average Bonchev–Trinajstić information content (AvgIpc) is 2.21. The third kappa shape index (κ3) is 2.88. The molecule has 0 bridgehead atoms. The Balaban J connectivity index is 3.02. The molecule has 0 amide bonds. The molecule has 84 valence electrons. The van der Waals surface area contributed by atoms with E-state index in [1.165, 1.54) is 12.1 Å². The van der Waals surface area contributed by atoms with Gasteiger partial charge in [-0.3, -0.25) is 10.1 Å². The number of terminal acetylenes is 1. The highest BCUT2D eigenvalue weighted by Gasteiger charge is 2.17. The zero-order valence-corrected chi connectivity index (χ0v) is 9.49. The van der Waals surface area contributed by atoms with E-state index >= 15 is 0 Å². The van der Waals surface area contributed by atoms with E-state index in [0.29, 0.717) is 17.1 Å². The van der Waals surface area contributed by atoms with Gasteiger partial charge in [0, 0.05) is 18.5 Å². The van der Waals surface area contributed by atoms with Gasteiger partial charge in [-0.2, -0.15) is 0 Å². The van der Waals surface area contributed by atoms with E-state index < -0.39 is 4.92 Å². The highest BCUT2D eigenvalue weighted by molar-refractivity contribution is 6.33. The molecule has 0 aromatic heterocycles. The van der Waals surface area contributed by atoms with Crippen molar-refractivity contribution in [2.24, 2.45) is 0 Å². The van der Waals surface area contributed by atoms with Crippen LogP contribution in [0.1, 0.15) is 13.3 Å². The van der Waals surface area contributed by atoms with Gasteiger partial charge < -0.3 is 5.32 Å². The molecular formula is C11H11ClN2O2. The lowest BCUT2D eigenvalue weighted by Crippen LogP contribution is -2.15. The first-order valence-corrected chi connectivity index (χ1v) is 5.07. The minimum atomic E-state index is -0.475. The molecule has 0 saturated carbocycles. The second-order valence-corrected chi connectivity index (χ2v) is 3.75. The van der Waals surface area contributed by atoms with Crippen LogP contribution < -0.4 is 5.32 Å². The fourth-order valence-corrected chi connectivity index (χ4v) is 1.51. The van der Waals surface area contributed by atoms with Crippen LogP contribution in [0.2, 0.25) is 5.02 Å². The first kappa shape index (κ1) is 12.3. The molecule has 0 aliphatic heterocycles. The maximum atomic E-state index is 10.8. The Kier molecular flexibility index (Phi) is 4.15. The lowest BCUT2D eigenvalue weighted by atomic mass is 10.2. The summed E-state index contributed by atoms with van der Waals surface area (Å²) in [5.74, 6) is 2.48. The number of para-hydroxylation sites is 1. The molecule has 0 heterocycles. The summed E-state index contributed by atoms with van der Waals surface area (Å²) in [6, 6.07) is 4.47. The Morgan fingerprint density at radius 1 is 1.69 bits per heavy atom. The number of nitrogens with zero attached hydrogens (tertiary/aromatic N) is 1. The molecule has 4 nitrogen and oxygen atoms in total. The van der Waals surface area contributed by atoms with Gasteiger partial charge in [0.25, 0.3) is 5.69 Å². The smallest absolute Gasteiger partial charge is 0.293 e. The predicted octanol–water partition coefficient (Wildman–Crippen LogP) is 3.07. The molecule has 1 aromatic rings. The molecule has 0 saturated heterocycles. The Morgan fingerprint density at radius 3 is 2.94 bits per heavy atom. The van der Waals surface area contributed by atoms with Crippen molar-refractivity contribution in [1.29, 1.82) is 0 Å². The van der Waals surface area contributed by atoms with Gasteiger partial charge in [-0.05, 0) is 13.0 Å². The number of benzene rings is 1. The highest BCUT2D eigenvalue weighted by atomic mass is 35.5. The summed E-state index contributed by atoms with van der Waals surface area (Å²) in [5.41, 5.74) is 0.272. The summed E-state index contributed by atoms with van der Waals surface area (Å²) < 4.78 is 0. The third-order valence-corrected chi connectivity index (χ3v) is 2.32. The first-order chi connectivity index (χ1) is 7.56. The van der Waals surface area contributed by atoms with Crippen LogP contribution in [-0.2, 0) is 0 Å². The summed E-state index contributed by atoms with van der Waals surface area (Å²) in [6.45, 7) is 1.84. The zero-order valence-electron chi connectivity index (χ0n) is 8.74. The molecule has 1 rings (SSSR count). The van der Waals surface area contributed by atoms with Crippen LogP contribution in [0.25, 0.3) is 0 Å². The number of anilines is 1. The number of halogens is 1. The minimum Gasteiger partial charge on any atom is -0.375 e. The maximum Gasteiger partial charge on any atom is 0.293 e. The third-order valence-electron chi connectivity index (χ3n) is 2.00. The Morgan fingerprint density at radius 2 is 2.38 bits per heavy atom. The van der Waals surface area contributed by atoms with Crippen LogP contribution in [0, 0.1) is 22.5 Å². The first-order valence-electron chi connectivity index (χ1n) is 4.69. The van der Waals surface area contributed by atoms with Crippen LogP contribution in [0.3, 0.4) is 0 Å². The fourth-order valence-electron chi connectivity index (χ4n) is 1.28. The lowest BCUT2D eigenvalue weighted by molar-refractivity contribution is -0.384. The van der Waals surface area contributed by atoms with Gasteiger partial charge in [0.15, 0.2) is 0 Å². The maximum absolute atomic E-state index is 10.8. The predicted molar refractivity (Wildman–Crippen MR) is 64.6 cm³/mol. The largest absolute Gasteiger partial charge is 0.375 e. The SMILES string of the molecule is C#CCC(C)Nc1c(Cl)cccc1[N+](=O)[O-]. The average molecular weight is 239 g/mol. The van der Waals surface area contributed by atoms with Gasteiger partial charge in [-0.25, -0.2) is 0 Å². The molecule has 0 fully saturated rings. The lowest BCUT2D eigenvalue weighted by Gasteiger charge is -2.13. The van der Waals surface area contributed by atoms with Gasteiger partial charge in [-0.1, -0.05) is 17.7 Å². The molecule has 0 spiro atoms. The number of nitro groups is 1. The van der Waals surface area contributed by atoms with Gasteiger partial charge in [0.05, 0.1) is 9.95 Å². The van der Waals surface area contributed by atoms with Crippen molar-refractivity contribution < 1.29 is 4.92 Å². The van der Waals surface area contributed by atoms with Gasteiger partial charge in [-0.15, -0.1) is 12.3 Å². The van der Waals surface area contributed by atoms with E-state index in [4.69, 9.17) is 18.0 Å². The number of nitro benzene ring substituents is 1. The molecule has 1 aromatic carbocycles. The molecule has 5 heteroatoms. The van der Waals surface area contributed by atoms with Crippen LogP contribution in [0.5, 0.6) is 0 Å². The number of nitrogens with one attached hydrogen (secondary N) is 1. The highest BCUT2D eigenvalue weighted by Crippen LogP contribution is 2.32.